The highest BCUT2D eigenvalue weighted by atomic mass is 16.4. The van der Waals surface area contributed by atoms with Gasteiger partial charge in [0, 0.05) is 5.69 Å². The van der Waals surface area contributed by atoms with Crippen molar-refractivity contribution in [1.82, 2.24) is 0 Å². The molecule has 15 heavy (non-hydrogen) atoms. The maximum absolute atomic E-state index is 10.8. The zero-order valence-corrected chi connectivity index (χ0v) is 8.37. The molecular weight excluding hydrogens is 198 g/mol. The van der Waals surface area contributed by atoms with Gasteiger partial charge in [-0.25, -0.2) is 9.59 Å². The van der Waals surface area contributed by atoms with E-state index in [1.807, 2.05) is 0 Å². The van der Waals surface area contributed by atoms with Gasteiger partial charge in [-0.3, -0.25) is 0 Å². The molecule has 1 rings (SSSR count). The second-order valence-electron chi connectivity index (χ2n) is 3.25. The summed E-state index contributed by atoms with van der Waals surface area (Å²) < 4.78 is 0. The highest BCUT2D eigenvalue weighted by Crippen LogP contribution is 2.24. The molecule has 0 saturated carbocycles. The molecule has 0 aromatic heterocycles. The molecule has 0 unspecified atom stereocenters. The van der Waals surface area contributed by atoms with Gasteiger partial charge in [0.15, 0.2) is 0 Å². The Balaban J connectivity index is 3.59. The number of benzene rings is 1. The highest BCUT2D eigenvalue weighted by Gasteiger charge is 2.18. The van der Waals surface area contributed by atoms with Gasteiger partial charge in [0.1, 0.15) is 0 Å². The van der Waals surface area contributed by atoms with E-state index in [9.17, 15) is 9.59 Å². The lowest BCUT2D eigenvalue weighted by Crippen LogP contribution is -2.10. The third-order valence-corrected chi connectivity index (χ3v) is 2.37. The second-order valence-corrected chi connectivity index (χ2v) is 3.25. The van der Waals surface area contributed by atoms with Gasteiger partial charge in [0.05, 0.1) is 11.1 Å². The van der Waals surface area contributed by atoms with E-state index in [1.54, 1.807) is 13.8 Å². The topological polar surface area (TPSA) is 101 Å². The van der Waals surface area contributed by atoms with Crippen LogP contribution in [0.25, 0.3) is 0 Å². The number of rotatable bonds is 2. The van der Waals surface area contributed by atoms with Crippen LogP contribution in [0.15, 0.2) is 6.07 Å². The van der Waals surface area contributed by atoms with Crippen molar-refractivity contribution in [1.29, 1.82) is 0 Å². The third-order valence-electron chi connectivity index (χ3n) is 2.37. The summed E-state index contributed by atoms with van der Waals surface area (Å²) in [5.41, 5.74) is 6.49. The first-order chi connectivity index (χ1) is 6.86. The number of carboxylic acids is 2. The van der Waals surface area contributed by atoms with Crippen molar-refractivity contribution in [3.05, 3.63) is 28.3 Å². The van der Waals surface area contributed by atoms with Gasteiger partial charge in [-0.2, -0.15) is 0 Å². The van der Waals surface area contributed by atoms with Gasteiger partial charge < -0.3 is 15.9 Å². The predicted molar refractivity (Wildman–Crippen MR) is 54.2 cm³/mol. The number of carboxylic acid groups (broad SMARTS) is 2. The normalized spacial score (nSPS) is 10.0. The molecule has 4 N–H and O–H groups in total. The molecule has 0 bridgehead atoms. The van der Waals surface area contributed by atoms with Gasteiger partial charge in [-0.15, -0.1) is 0 Å². The highest BCUT2D eigenvalue weighted by molar-refractivity contribution is 5.98. The molecule has 0 atom stereocenters. The van der Waals surface area contributed by atoms with Crippen LogP contribution >= 0.6 is 0 Å². The molecular formula is C10H11NO4. The molecule has 5 nitrogen and oxygen atoms in total. The van der Waals surface area contributed by atoms with E-state index in [-0.39, 0.29) is 16.8 Å². The van der Waals surface area contributed by atoms with Crippen LogP contribution in [0.2, 0.25) is 0 Å². The second kappa shape index (κ2) is 3.61. The third kappa shape index (κ3) is 1.76. The zero-order chi connectivity index (χ0) is 11.7. The molecule has 0 aliphatic rings. The van der Waals surface area contributed by atoms with Crippen LogP contribution in [-0.4, -0.2) is 22.2 Å². The Hall–Kier alpha value is -2.04. The molecule has 1 aromatic rings. The Morgan fingerprint density at radius 3 is 1.67 bits per heavy atom. The fourth-order valence-corrected chi connectivity index (χ4v) is 1.38. The number of anilines is 1. The van der Waals surface area contributed by atoms with E-state index in [4.69, 9.17) is 15.9 Å². The van der Waals surface area contributed by atoms with E-state index < -0.39 is 11.9 Å². The van der Waals surface area contributed by atoms with E-state index in [0.29, 0.717) is 11.1 Å². The molecule has 0 radical (unpaired) electrons. The van der Waals surface area contributed by atoms with Gasteiger partial charge in [-0.1, -0.05) is 0 Å². The summed E-state index contributed by atoms with van der Waals surface area (Å²) in [7, 11) is 0. The summed E-state index contributed by atoms with van der Waals surface area (Å²) in [5.74, 6) is -2.36. The van der Waals surface area contributed by atoms with Crippen molar-refractivity contribution in [2.45, 2.75) is 13.8 Å². The first kappa shape index (κ1) is 11.0. The summed E-state index contributed by atoms with van der Waals surface area (Å²) in [6.45, 7) is 3.11. The largest absolute Gasteiger partial charge is 0.478 e. The lowest BCUT2D eigenvalue weighted by molar-refractivity contribution is 0.0695. The maximum Gasteiger partial charge on any atom is 0.336 e. The molecule has 0 fully saturated rings. The minimum atomic E-state index is -1.18. The van der Waals surface area contributed by atoms with Crippen molar-refractivity contribution < 1.29 is 19.8 Å². The molecule has 0 heterocycles. The summed E-state index contributed by atoms with van der Waals surface area (Å²) >= 11 is 0. The quantitative estimate of drug-likeness (QED) is 0.637. The van der Waals surface area contributed by atoms with Gasteiger partial charge >= 0.3 is 11.9 Å². The van der Waals surface area contributed by atoms with Crippen LogP contribution < -0.4 is 5.73 Å². The molecule has 0 amide bonds. The molecule has 0 spiro atoms. The van der Waals surface area contributed by atoms with Crippen molar-refractivity contribution in [3.8, 4) is 0 Å². The Labute approximate surface area is 86.1 Å². The number of hydrogen-bond donors (Lipinski definition) is 3. The molecule has 80 valence electrons. The number of nitrogens with two attached hydrogens (primary N) is 1. The van der Waals surface area contributed by atoms with E-state index in [1.165, 1.54) is 0 Å². The number of carbonyl (C=O) groups is 2. The summed E-state index contributed by atoms with van der Waals surface area (Å²) in [5, 5.41) is 17.7. The van der Waals surface area contributed by atoms with E-state index >= 15 is 0 Å². The Bertz CT molecular complexity index is 413. The molecule has 5 heteroatoms. The van der Waals surface area contributed by atoms with Crippen LogP contribution in [-0.2, 0) is 0 Å². The number of aromatic carboxylic acids is 2. The minimum Gasteiger partial charge on any atom is -0.478 e. The van der Waals surface area contributed by atoms with Gasteiger partial charge in [0.2, 0.25) is 0 Å². The Kier molecular flexibility index (Phi) is 2.65. The molecule has 1 aromatic carbocycles. The number of hydrogen-bond acceptors (Lipinski definition) is 3. The van der Waals surface area contributed by atoms with Crippen LogP contribution in [0.3, 0.4) is 0 Å². The zero-order valence-electron chi connectivity index (χ0n) is 8.37. The fourth-order valence-electron chi connectivity index (χ4n) is 1.38. The van der Waals surface area contributed by atoms with Gasteiger partial charge in [0.25, 0.3) is 0 Å². The molecule has 0 aliphatic heterocycles. The fraction of sp³-hybridized carbons (Fsp3) is 0.200. The van der Waals surface area contributed by atoms with Crippen LogP contribution in [0.5, 0.6) is 0 Å². The van der Waals surface area contributed by atoms with Gasteiger partial charge in [-0.05, 0) is 31.0 Å². The smallest absolute Gasteiger partial charge is 0.336 e. The van der Waals surface area contributed by atoms with Crippen molar-refractivity contribution in [2.75, 3.05) is 5.73 Å². The first-order valence-electron chi connectivity index (χ1n) is 4.22. The van der Waals surface area contributed by atoms with E-state index in [0.717, 1.165) is 6.07 Å². The van der Waals surface area contributed by atoms with Crippen LogP contribution in [0.4, 0.5) is 5.69 Å². The summed E-state index contributed by atoms with van der Waals surface area (Å²) in [6, 6.07) is 1.13. The predicted octanol–water partition coefficient (Wildman–Crippen LogP) is 1.28. The lowest BCUT2D eigenvalue weighted by Gasteiger charge is -2.10. The minimum absolute atomic E-state index is 0.0736. The van der Waals surface area contributed by atoms with Crippen molar-refractivity contribution >= 4 is 17.6 Å². The average molecular weight is 209 g/mol. The Morgan fingerprint density at radius 2 is 1.40 bits per heavy atom. The SMILES string of the molecule is Cc1c(C(=O)O)cc(C(=O)O)c(C)c1N. The van der Waals surface area contributed by atoms with Crippen molar-refractivity contribution in [3.63, 3.8) is 0 Å². The standard InChI is InChI=1S/C10H11NO4/c1-4-6(9(12)13)3-7(10(14)15)5(2)8(4)11/h3H,11H2,1-2H3,(H,12,13)(H,14,15). The van der Waals surface area contributed by atoms with Crippen LogP contribution in [0.1, 0.15) is 31.8 Å². The van der Waals surface area contributed by atoms with Crippen LogP contribution in [0, 0.1) is 13.8 Å². The monoisotopic (exact) mass is 209 g/mol. The molecule has 0 saturated heterocycles. The summed E-state index contributed by atoms with van der Waals surface area (Å²) in [6.07, 6.45) is 0. The maximum atomic E-state index is 10.8. The first-order valence-corrected chi connectivity index (χ1v) is 4.22. The summed E-state index contributed by atoms with van der Waals surface area (Å²) in [4.78, 5) is 21.6. The lowest BCUT2D eigenvalue weighted by atomic mass is 9.97. The Morgan fingerprint density at radius 1 is 1.07 bits per heavy atom. The van der Waals surface area contributed by atoms with Crippen molar-refractivity contribution in [2.24, 2.45) is 0 Å². The number of nitrogen functional groups attached to an aromatic ring is 1. The average Bonchev–Trinajstić information content (AvgIpc) is 2.13. The van der Waals surface area contributed by atoms with E-state index in [2.05, 4.69) is 0 Å². The molecule has 0 aliphatic carbocycles.